The molecule has 0 atom stereocenters. The summed E-state index contributed by atoms with van der Waals surface area (Å²) in [6.45, 7) is 0.675. The number of hydrogen-bond donors (Lipinski definition) is 3. The van der Waals surface area contributed by atoms with Crippen molar-refractivity contribution in [3.05, 3.63) is 58.1 Å². The molecule has 0 spiro atoms. The van der Waals surface area contributed by atoms with Crippen LogP contribution in [0.25, 0.3) is 22.2 Å². The highest BCUT2D eigenvalue weighted by Crippen LogP contribution is 2.35. The Hall–Kier alpha value is -2.83. The molecule has 30 heavy (non-hydrogen) atoms. The minimum Gasteiger partial charge on any atom is -0.460 e. The first kappa shape index (κ1) is 19.2. The fourth-order valence-electron chi connectivity index (χ4n) is 4.46. The summed E-state index contributed by atoms with van der Waals surface area (Å²) in [7, 11) is 0. The number of nitrogens with two attached hydrogens (primary N) is 1. The Morgan fingerprint density at radius 1 is 1.17 bits per heavy atom. The van der Waals surface area contributed by atoms with Crippen LogP contribution < -0.4 is 11.1 Å². The van der Waals surface area contributed by atoms with Crippen LogP contribution in [0.15, 0.2) is 36.4 Å². The molecule has 4 N–H and O–H groups in total. The molecule has 0 radical (unpaired) electrons. The summed E-state index contributed by atoms with van der Waals surface area (Å²) in [6, 6.07) is 11.0. The second-order valence-electron chi connectivity index (χ2n) is 8.26. The maximum Gasteiger partial charge on any atom is 0.338 e. The van der Waals surface area contributed by atoms with Gasteiger partial charge in [0.15, 0.2) is 0 Å². The van der Waals surface area contributed by atoms with Gasteiger partial charge < -0.3 is 20.8 Å². The van der Waals surface area contributed by atoms with Gasteiger partial charge in [0.1, 0.15) is 6.61 Å². The highest BCUT2D eigenvalue weighted by Gasteiger charge is 2.31. The first-order valence-electron chi connectivity index (χ1n) is 10.1. The summed E-state index contributed by atoms with van der Waals surface area (Å²) < 4.78 is 5.50. The molecule has 2 aromatic carbocycles. The summed E-state index contributed by atoms with van der Waals surface area (Å²) in [5.41, 5.74) is 10.2. The molecule has 0 unspecified atom stereocenters. The van der Waals surface area contributed by atoms with Gasteiger partial charge in [-0.3, -0.25) is 4.79 Å². The number of nitrogens with one attached hydrogen (secondary N) is 2. The van der Waals surface area contributed by atoms with Crippen molar-refractivity contribution < 1.29 is 14.3 Å². The molecule has 7 heteroatoms. The van der Waals surface area contributed by atoms with E-state index in [1.54, 1.807) is 18.2 Å². The SMILES string of the molecule is NC1(COC(=O)c2ccc3[nH]c(-c4ccc(Cl)c5c4C(=O)NC5)cc3c2)CCCC1. The van der Waals surface area contributed by atoms with Crippen molar-refractivity contribution in [3.8, 4) is 11.3 Å². The van der Waals surface area contributed by atoms with E-state index in [0.717, 1.165) is 53.4 Å². The number of carbonyl (C=O) groups is 2. The maximum atomic E-state index is 12.5. The largest absolute Gasteiger partial charge is 0.460 e. The number of H-pyrrole nitrogens is 1. The molecule has 2 aliphatic rings. The molecule has 1 fully saturated rings. The molecule has 154 valence electrons. The first-order valence-corrected chi connectivity index (χ1v) is 10.5. The lowest BCUT2D eigenvalue weighted by molar-refractivity contribution is 0.0410. The quantitative estimate of drug-likeness (QED) is 0.549. The minimum absolute atomic E-state index is 0.131. The molecule has 1 amide bonds. The summed E-state index contributed by atoms with van der Waals surface area (Å²) in [6.07, 6.45) is 3.94. The average Bonchev–Trinajstić information content (AvgIpc) is 3.45. The van der Waals surface area contributed by atoms with Crippen molar-refractivity contribution in [2.24, 2.45) is 5.73 Å². The monoisotopic (exact) mass is 423 g/mol. The van der Waals surface area contributed by atoms with Crippen molar-refractivity contribution in [1.82, 2.24) is 10.3 Å². The molecule has 5 rings (SSSR count). The van der Waals surface area contributed by atoms with Gasteiger partial charge in [-0.05, 0) is 43.2 Å². The number of halogens is 1. The smallest absolute Gasteiger partial charge is 0.338 e. The van der Waals surface area contributed by atoms with Crippen molar-refractivity contribution in [3.63, 3.8) is 0 Å². The molecule has 1 aliphatic carbocycles. The standard InChI is InChI=1S/C23H22ClN3O3/c24-17-5-4-15(20-16(17)11-26-21(20)28)19-10-14-9-13(3-6-18(14)27-19)22(29)30-12-23(25)7-1-2-8-23/h3-6,9-10,27H,1-2,7-8,11-12,25H2,(H,26,28). The third kappa shape index (κ3) is 3.26. The molecule has 3 aromatic rings. The van der Waals surface area contributed by atoms with E-state index in [2.05, 4.69) is 10.3 Å². The lowest BCUT2D eigenvalue weighted by atomic mass is 10.0. The summed E-state index contributed by atoms with van der Waals surface area (Å²) >= 11 is 6.25. The predicted molar refractivity (Wildman–Crippen MR) is 116 cm³/mol. The summed E-state index contributed by atoms with van der Waals surface area (Å²) in [4.78, 5) is 28.2. The highest BCUT2D eigenvalue weighted by atomic mass is 35.5. The minimum atomic E-state index is -0.392. The van der Waals surface area contributed by atoms with Gasteiger partial charge in [-0.15, -0.1) is 0 Å². The van der Waals surface area contributed by atoms with Gasteiger partial charge in [0, 0.05) is 39.3 Å². The average molecular weight is 424 g/mol. The first-order chi connectivity index (χ1) is 14.4. The normalized spacial score (nSPS) is 17.2. The van der Waals surface area contributed by atoms with Gasteiger partial charge in [-0.25, -0.2) is 4.79 Å². The zero-order valence-electron chi connectivity index (χ0n) is 16.4. The number of benzene rings is 2. The highest BCUT2D eigenvalue weighted by molar-refractivity contribution is 6.32. The van der Waals surface area contributed by atoms with Gasteiger partial charge >= 0.3 is 5.97 Å². The summed E-state index contributed by atoms with van der Waals surface area (Å²) in [5.74, 6) is -0.504. The van der Waals surface area contributed by atoms with Crippen LogP contribution in [0.5, 0.6) is 0 Å². The zero-order valence-corrected chi connectivity index (χ0v) is 17.1. The fraction of sp³-hybridized carbons (Fsp3) is 0.304. The third-order valence-corrected chi connectivity index (χ3v) is 6.50. The Morgan fingerprint density at radius 2 is 1.97 bits per heavy atom. The maximum absolute atomic E-state index is 12.5. The number of amides is 1. The van der Waals surface area contributed by atoms with Crippen LogP contribution in [-0.4, -0.2) is 29.0 Å². The molecule has 6 nitrogen and oxygen atoms in total. The lowest BCUT2D eigenvalue weighted by Gasteiger charge is -2.22. The number of carbonyl (C=O) groups excluding carboxylic acids is 2. The number of fused-ring (bicyclic) bond motifs is 2. The number of ether oxygens (including phenoxy) is 1. The van der Waals surface area contributed by atoms with Gasteiger partial charge in [0.05, 0.1) is 16.7 Å². The molecular weight excluding hydrogens is 402 g/mol. The Balaban J connectivity index is 1.43. The van der Waals surface area contributed by atoms with Crippen LogP contribution in [0.3, 0.4) is 0 Å². The van der Waals surface area contributed by atoms with Crippen molar-refractivity contribution in [1.29, 1.82) is 0 Å². The molecule has 1 aromatic heterocycles. The lowest BCUT2D eigenvalue weighted by Crippen LogP contribution is -2.42. The number of esters is 1. The van der Waals surface area contributed by atoms with Crippen LogP contribution >= 0.6 is 11.6 Å². The molecular formula is C23H22ClN3O3. The molecule has 1 saturated carbocycles. The van der Waals surface area contributed by atoms with E-state index < -0.39 is 5.54 Å². The van der Waals surface area contributed by atoms with E-state index in [4.69, 9.17) is 22.1 Å². The van der Waals surface area contributed by atoms with E-state index in [9.17, 15) is 9.59 Å². The Kier molecular flexibility index (Phi) is 4.56. The van der Waals surface area contributed by atoms with Crippen molar-refractivity contribution in [2.75, 3.05) is 6.61 Å². The van der Waals surface area contributed by atoms with Gasteiger partial charge in [0.25, 0.3) is 5.91 Å². The Bertz CT molecular complexity index is 1180. The van der Waals surface area contributed by atoms with E-state index in [0.29, 0.717) is 22.7 Å². The zero-order chi connectivity index (χ0) is 20.9. The Morgan fingerprint density at radius 3 is 2.77 bits per heavy atom. The number of aromatic nitrogens is 1. The second kappa shape index (κ2) is 7.15. The van der Waals surface area contributed by atoms with Gasteiger partial charge in [0.2, 0.25) is 0 Å². The number of hydrogen-bond acceptors (Lipinski definition) is 4. The van der Waals surface area contributed by atoms with E-state index >= 15 is 0 Å². The van der Waals surface area contributed by atoms with Crippen molar-refractivity contribution in [2.45, 2.75) is 37.8 Å². The van der Waals surface area contributed by atoms with Crippen LogP contribution in [-0.2, 0) is 11.3 Å². The number of aromatic amines is 1. The summed E-state index contributed by atoms with van der Waals surface area (Å²) in [5, 5.41) is 4.27. The molecule has 2 heterocycles. The van der Waals surface area contributed by atoms with E-state index in [1.807, 2.05) is 18.2 Å². The predicted octanol–water partition coefficient (Wildman–Crippen LogP) is 4.16. The fourth-order valence-corrected chi connectivity index (χ4v) is 4.68. The van der Waals surface area contributed by atoms with Gasteiger partial charge in [-0.1, -0.05) is 30.5 Å². The van der Waals surface area contributed by atoms with E-state index in [1.165, 1.54) is 0 Å². The van der Waals surface area contributed by atoms with Crippen LogP contribution in [0.4, 0.5) is 0 Å². The number of rotatable bonds is 4. The molecule has 1 aliphatic heterocycles. The second-order valence-corrected chi connectivity index (χ2v) is 8.67. The topological polar surface area (TPSA) is 97.2 Å². The van der Waals surface area contributed by atoms with Crippen LogP contribution in [0.1, 0.15) is 52.0 Å². The van der Waals surface area contributed by atoms with Crippen LogP contribution in [0, 0.1) is 0 Å². The van der Waals surface area contributed by atoms with E-state index in [-0.39, 0.29) is 18.5 Å². The van der Waals surface area contributed by atoms with Crippen LogP contribution in [0.2, 0.25) is 5.02 Å². The molecule has 0 saturated heterocycles. The third-order valence-electron chi connectivity index (χ3n) is 6.15. The Labute approximate surface area is 178 Å². The molecule has 0 bridgehead atoms. The van der Waals surface area contributed by atoms with Crippen molar-refractivity contribution >= 4 is 34.4 Å². The van der Waals surface area contributed by atoms with Gasteiger partial charge in [-0.2, -0.15) is 0 Å².